The topological polar surface area (TPSA) is 72.2 Å². The Balaban J connectivity index is 2.19. The molecule has 0 unspecified atom stereocenters. The van der Waals surface area contributed by atoms with Gasteiger partial charge in [0.1, 0.15) is 0 Å². The monoisotopic (exact) mass is 290 g/mol. The summed E-state index contributed by atoms with van der Waals surface area (Å²) in [6, 6.07) is 10.9. The predicted molar refractivity (Wildman–Crippen MR) is 77.2 cm³/mol. The number of amides is 1. The van der Waals surface area contributed by atoms with Gasteiger partial charge in [-0.2, -0.15) is 0 Å². The zero-order valence-corrected chi connectivity index (χ0v) is 11.3. The Morgan fingerprint density at radius 2 is 1.85 bits per heavy atom. The lowest BCUT2D eigenvalue weighted by Crippen LogP contribution is -2.12. The maximum absolute atomic E-state index is 12.0. The molecule has 0 heterocycles. The minimum atomic E-state index is -0.544. The summed E-state index contributed by atoms with van der Waals surface area (Å²) in [6.45, 7) is 1.93. The van der Waals surface area contributed by atoms with Crippen LogP contribution in [0.15, 0.2) is 42.5 Å². The van der Waals surface area contributed by atoms with Gasteiger partial charge < -0.3 is 5.32 Å². The van der Waals surface area contributed by atoms with Crippen LogP contribution in [0, 0.1) is 17.0 Å². The van der Waals surface area contributed by atoms with Crippen molar-refractivity contribution in [1.29, 1.82) is 0 Å². The van der Waals surface area contributed by atoms with Gasteiger partial charge in [0.25, 0.3) is 11.6 Å². The van der Waals surface area contributed by atoms with Gasteiger partial charge in [0.05, 0.1) is 15.6 Å². The number of nitrogens with one attached hydrogen (secondary N) is 1. The van der Waals surface area contributed by atoms with Gasteiger partial charge in [-0.1, -0.05) is 29.3 Å². The lowest BCUT2D eigenvalue weighted by Gasteiger charge is -2.07. The quantitative estimate of drug-likeness (QED) is 0.690. The summed E-state index contributed by atoms with van der Waals surface area (Å²) in [5.41, 5.74) is 1.76. The van der Waals surface area contributed by atoms with Crippen molar-refractivity contribution in [2.75, 3.05) is 5.32 Å². The van der Waals surface area contributed by atoms with Gasteiger partial charge in [0.2, 0.25) is 0 Å². The van der Waals surface area contributed by atoms with E-state index in [4.69, 9.17) is 11.6 Å². The minimum Gasteiger partial charge on any atom is -0.321 e. The summed E-state index contributed by atoms with van der Waals surface area (Å²) in [5, 5.41) is 13.3. The number of nitro benzene ring substituents is 1. The molecule has 0 saturated carbocycles. The van der Waals surface area contributed by atoms with Crippen molar-refractivity contribution in [1.82, 2.24) is 0 Å². The first-order valence-electron chi connectivity index (χ1n) is 5.79. The highest BCUT2D eigenvalue weighted by molar-refractivity contribution is 6.34. The molecule has 0 bridgehead atoms. The predicted octanol–water partition coefficient (Wildman–Crippen LogP) is 3.81. The number of non-ortho nitro benzene ring substituents is 1. The summed E-state index contributed by atoms with van der Waals surface area (Å²) in [7, 11) is 0. The van der Waals surface area contributed by atoms with E-state index in [-0.39, 0.29) is 16.6 Å². The third kappa shape index (κ3) is 3.13. The summed E-state index contributed by atoms with van der Waals surface area (Å²) >= 11 is 5.91. The molecule has 2 aromatic carbocycles. The molecule has 6 heteroatoms. The third-order valence-corrected chi connectivity index (χ3v) is 3.04. The van der Waals surface area contributed by atoms with Crippen molar-refractivity contribution >= 4 is 28.9 Å². The Bertz CT molecular complexity index is 669. The SMILES string of the molecule is Cc1ccc(C(=O)Nc2ccc([N+](=O)[O-])cc2Cl)cc1. The van der Waals surface area contributed by atoms with E-state index in [1.54, 1.807) is 12.1 Å². The highest BCUT2D eigenvalue weighted by Crippen LogP contribution is 2.27. The molecule has 0 spiro atoms. The standard InChI is InChI=1S/C14H11ClN2O3/c1-9-2-4-10(5-3-9)14(18)16-13-7-6-11(17(19)20)8-12(13)15/h2-8H,1H3,(H,16,18). The molecule has 1 N–H and O–H groups in total. The molecule has 0 radical (unpaired) electrons. The number of nitrogens with zero attached hydrogens (tertiary/aromatic N) is 1. The number of nitro groups is 1. The van der Waals surface area contributed by atoms with Crippen molar-refractivity contribution in [2.24, 2.45) is 0 Å². The molecular formula is C14H11ClN2O3. The number of carbonyl (C=O) groups excluding carboxylic acids is 1. The van der Waals surface area contributed by atoms with Crippen molar-refractivity contribution in [2.45, 2.75) is 6.92 Å². The second-order valence-electron chi connectivity index (χ2n) is 4.24. The normalized spacial score (nSPS) is 10.1. The number of hydrogen-bond acceptors (Lipinski definition) is 3. The average Bonchev–Trinajstić information content (AvgIpc) is 2.41. The maximum atomic E-state index is 12.0. The number of anilines is 1. The third-order valence-electron chi connectivity index (χ3n) is 2.73. The number of carbonyl (C=O) groups is 1. The second-order valence-corrected chi connectivity index (χ2v) is 4.65. The molecule has 0 aliphatic heterocycles. The Morgan fingerprint density at radius 3 is 2.40 bits per heavy atom. The van der Waals surface area contributed by atoms with Crippen LogP contribution in [0.1, 0.15) is 15.9 Å². The lowest BCUT2D eigenvalue weighted by molar-refractivity contribution is -0.384. The Morgan fingerprint density at radius 1 is 1.20 bits per heavy atom. The smallest absolute Gasteiger partial charge is 0.271 e. The van der Waals surface area contributed by atoms with Gasteiger partial charge in [0.15, 0.2) is 0 Å². The fourth-order valence-corrected chi connectivity index (χ4v) is 1.84. The number of hydrogen-bond donors (Lipinski definition) is 1. The molecule has 0 atom stereocenters. The van der Waals surface area contributed by atoms with E-state index < -0.39 is 4.92 Å². The summed E-state index contributed by atoms with van der Waals surface area (Å²) < 4.78 is 0. The van der Waals surface area contributed by atoms with E-state index in [1.807, 2.05) is 19.1 Å². The van der Waals surface area contributed by atoms with E-state index in [9.17, 15) is 14.9 Å². The maximum Gasteiger partial charge on any atom is 0.271 e. The van der Waals surface area contributed by atoms with E-state index >= 15 is 0 Å². The van der Waals surface area contributed by atoms with Gasteiger partial charge in [0, 0.05) is 17.7 Å². The number of rotatable bonds is 3. The van der Waals surface area contributed by atoms with Crippen LogP contribution in [0.25, 0.3) is 0 Å². The summed E-state index contributed by atoms with van der Waals surface area (Å²) in [5.74, 6) is -0.319. The number of aryl methyl sites for hydroxylation is 1. The molecule has 0 aromatic heterocycles. The Hall–Kier alpha value is -2.40. The molecule has 0 saturated heterocycles. The number of halogens is 1. The Kier molecular flexibility index (Phi) is 4.00. The summed E-state index contributed by atoms with van der Waals surface area (Å²) in [6.07, 6.45) is 0. The fraction of sp³-hybridized carbons (Fsp3) is 0.0714. The highest BCUT2D eigenvalue weighted by Gasteiger charge is 2.12. The van der Waals surface area contributed by atoms with Gasteiger partial charge >= 0.3 is 0 Å². The van der Waals surface area contributed by atoms with Crippen LogP contribution in [0.2, 0.25) is 5.02 Å². The van der Waals surface area contributed by atoms with E-state index in [0.717, 1.165) is 5.56 Å². The van der Waals surface area contributed by atoms with Crippen LogP contribution in [-0.2, 0) is 0 Å². The van der Waals surface area contributed by atoms with Gasteiger partial charge in [-0.25, -0.2) is 0 Å². The molecule has 102 valence electrons. The van der Waals surface area contributed by atoms with Crippen LogP contribution in [-0.4, -0.2) is 10.8 Å². The molecule has 2 aromatic rings. The number of benzene rings is 2. The Labute approximate surface area is 120 Å². The molecule has 5 nitrogen and oxygen atoms in total. The molecule has 0 aliphatic carbocycles. The first-order valence-corrected chi connectivity index (χ1v) is 6.17. The van der Waals surface area contributed by atoms with Crippen LogP contribution < -0.4 is 5.32 Å². The minimum absolute atomic E-state index is 0.122. The van der Waals surface area contributed by atoms with Crippen molar-refractivity contribution in [3.8, 4) is 0 Å². The molecule has 20 heavy (non-hydrogen) atoms. The lowest BCUT2D eigenvalue weighted by atomic mass is 10.1. The van der Waals surface area contributed by atoms with Gasteiger partial charge in [-0.15, -0.1) is 0 Å². The van der Waals surface area contributed by atoms with Gasteiger partial charge in [-0.05, 0) is 25.1 Å². The zero-order valence-electron chi connectivity index (χ0n) is 10.6. The zero-order chi connectivity index (χ0) is 14.7. The molecule has 0 aliphatic rings. The molecular weight excluding hydrogens is 280 g/mol. The molecule has 0 fully saturated rings. The summed E-state index contributed by atoms with van der Waals surface area (Å²) in [4.78, 5) is 22.0. The van der Waals surface area contributed by atoms with Gasteiger partial charge in [-0.3, -0.25) is 14.9 Å². The first kappa shape index (κ1) is 14.0. The first-order chi connectivity index (χ1) is 9.47. The van der Waals surface area contributed by atoms with Crippen molar-refractivity contribution in [3.63, 3.8) is 0 Å². The van der Waals surface area contributed by atoms with E-state index in [2.05, 4.69) is 5.32 Å². The molecule has 2 rings (SSSR count). The van der Waals surface area contributed by atoms with Crippen LogP contribution in [0.3, 0.4) is 0 Å². The average molecular weight is 291 g/mol. The largest absolute Gasteiger partial charge is 0.321 e. The van der Waals surface area contributed by atoms with Crippen LogP contribution >= 0.6 is 11.6 Å². The van der Waals surface area contributed by atoms with Crippen molar-refractivity contribution in [3.05, 3.63) is 68.7 Å². The highest BCUT2D eigenvalue weighted by atomic mass is 35.5. The van der Waals surface area contributed by atoms with E-state index in [0.29, 0.717) is 11.3 Å². The van der Waals surface area contributed by atoms with Crippen LogP contribution in [0.5, 0.6) is 0 Å². The second kappa shape index (κ2) is 5.71. The molecule has 1 amide bonds. The van der Waals surface area contributed by atoms with Crippen molar-refractivity contribution < 1.29 is 9.72 Å². The fourth-order valence-electron chi connectivity index (χ4n) is 1.62. The van der Waals surface area contributed by atoms with E-state index in [1.165, 1.54) is 18.2 Å². The van der Waals surface area contributed by atoms with Crippen LogP contribution in [0.4, 0.5) is 11.4 Å².